The number of nitrogens with one attached hydrogen (secondary N) is 2. The Morgan fingerprint density at radius 1 is 1.16 bits per heavy atom. The van der Waals surface area contributed by atoms with E-state index in [0.29, 0.717) is 22.2 Å². The Labute approximate surface area is 150 Å². The van der Waals surface area contributed by atoms with E-state index in [9.17, 15) is 4.79 Å². The van der Waals surface area contributed by atoms with E-state index in [0.717, 1.165) is 16.6 Å². The average Bonchev–Trinajstić information content (AvgIpc) is 3.05. The van der Waals surface area contributed by atoms with Crippen molar-refractivity contribution in [1.29, 1.82) is 0 Å². The van der Waals surface area contributed by atoms with Crippen LogP contribution in [-0.4, -0.2) is 25.8 Å². The van der Waals surface area contributed by atoms with Gasteiger partial charge in [-0.2, -0.15) is 0 Å². The number of nitrogens with zero attached hydrogens (tertiary/aromatic N) is 3. The van der Waals surface area contributed by atoms with Crippen molar-refractivity contribution in [3.63, 3.8) is 0 Å². The first-order valence-electron chi connectivity index (χ1n) is 7.53. The van der Waals surface area contributed by atoms with Crippen LogP contribution >= 0.6 is 11.6 Å². The predicted octanol–water partition coefficient (Wildman–Crippen LogP) is 4.42. The summed E-state index contributed by atoms with van der Waals surface area (Å²) in [5.41, 5.74) is 2.62. The molecule has 0 saturated carbocycles. The maximum atomic E-state index is 12.2. The van der Waals surface area contributed by atoms with Gasteiger partial charge in [-0.1, -0.05) is 23.7 Å². The number of aromatic nitrogens is 4. The summed E-state index contributed by atoms with van der Waals surface area (Å²) in [6.07, 6.45) is 4.98. The lowest BCUT2D eigenvalue weighted by atomic mass is 10.1. The van der Waals surface area contributed by atoms with Crippen molar-refractivity contribution < 1.29 is 7.65 Å². The first-order chi connectivity index (χ1) is 12.2. The lowest BCUT2D eigenvalue weighted by molar-refractivity contribution is 0.102. The molecule has 4 rings (SSSR count). The number of H-pyrrole nitrogens is 1. The fourth-order valence-electron chi connectivity index (χ4n) is 2.52. The molecule has 0 radical (unpaired) electrons. The van der Waals surface area contributed by atoms with Crippen LogP contribution in [0.2, 0.25) is 5.02 Å². The van der Waals surface area contributed by atoms with Crippen LogP contribution in [0.4, 0.5) is 5.82 Å². The van der Waals surface area contributed by atoms with Crippen molar-refractivity contribution in [1.82, 2.24) is 19.9 Å². The maximum Gasteiger partial charge on any atom is 0.275 e. The number of halogens is 1. The third-order valence-corrected chi connectivity index (χ3v) is 3.87. The maximum absolute atomic E-state index is 12.2. The lowest BCUT2D eigenvalue weighted by Crippen LogP contribution is -2.14. The predicted molar refractivity (Wildman–Crippen MR) is 101 cm³/mol. The lowest BCUT2D eigenvalue weighted by Gasteiger charge is -2.06. The van der Waals surface area contributed by atoms with E-state index in [2.05, 4.69) is 25.3 Å². The largest absolute Gasteiger partial charge is 0.345 e. The van der Waals surface area contributed by atoms with Crippen molar-refractivity contribution >= 4 is 34.4 Å². The van der Waals surface area contributed by atoms with Gasteiger partial charge in [0.25, 0.3) is 5.91 Å². The van der Waals surface area contributed by atoms with Gasteiger partial charge in [0.05, 0.1) is 10.7 Å². The summed E-state index contributed by atoms with van der Waals surface area (Å²) in [6, 6.07) is 12.4. The minimum Gasteiger partial charge on any atom is -0.345 e. The van der Waals surface area contributed by atoms with Gasteiger partial charge in [0.15, 0.2) is 0 Å². The van der Waals surface area contributed by atoms with Crippen molar-refractivity contribution in [2.75, 3.05) is 5.32 Å². The summed E-state index contributed by atoms with van der Waals surface area (Å²) in [5.74, 6) is 0.131. The van der Waals surface area contributed by atoms with Gasteiger partial charge < -0.3 is 10.3 Å². The monoisotopic (exact) mass is 353 g/mol. The molecule has 0 aliphatic rings. The molecule has 25 heavy (non-hydrogen) atoms. The zero-order valence-corrected chi connectivity index (χ0v) is 13.7. The topological polar surface area (TPSA) is 83.6 Å². The number of carbonyl (C=O) groups is 1. The fourth-order valence-corrected chi connectivity index (χ4v) is 2.68. The fraction of sp³-hybridized carbons (Fsp3) is 0. The summed E-state index contributed by atoms with van der Waals surface area (Å²) in [4.78, 5) is 28.1. The molecule has 0 spiro atoms. The number of hydrogen-bond donors (Lipinski definition) is 2. The molecule has 4 aromatic heterocycles. The molecule has 4 heterocycles. The molecule has 0 bridgehead atoms. The van der Waals surface area contributed by atoms with E-state index in [-0.39, 0.29) is 8.76 Å². The average molecular weight is 354 g/mol. The highest BCUT2D eigenvalue weighted by Crippen LogP contribution is 2.28. The van der Waals surface area contributed by atoms with Crippen LogP contribution in [0.3, 0.4) is 0 Å². The zero-order chi connectivity index (χ0) is 17.2. The number of anilines is 1. The Morgan fingerprint density at radius 3 is 2.92 bits per heavy atom. The Hall–Kier alpha value is -3.25. The molecule has 0 aliphatic carbocycles. The summed E-state index contributed by atoms with van der Waals surface area (Å²) >= 11 is 6.04. The van der Waals surface area contributed by atoms with Crippen LogP contribution in [0.25, 0.3) is 22.3 Å². The zero-order valence-electron chi connectivity index (χ0n) is 12.9. The number of carbonyl (C=O) groups excluding carboxylic acids is 1. The van der Waals surface area contributed by atoms with Gasteiger partial charge in [-0.25, -0.2) is 9.97 Å². The van der Waals surface area contributed by atoms with Gasteiger partial charge in [-0.05, 0) is 30.3 Å². The highest BCUT2D eigenvalue weighted by atomic mass is 35.5. The van der Waals surface area contributed by atoms with Gasteiger partial charge in [-0.3, -0.25) is 9.78 Å². The number of aromatic amines is 1. The highest BCUT2D eigenvalue weighted by molar-refractivity contribution is 6.31. The van der Waals surface area contributed by atoms with Crippen LogP contribution in [0.1, 0.15) is 13.3 Å². The summed E-state index contributed by atoms with van der Waals surface area (Å²) in [7, 11) is 0. The number of amides is 1. The van der Waals surface area contributed by atoms with E-state index in [4.69, 9.17) is 11.6 Å². The van der Waals surface area contributed by atoms with Crippen LogP contribution < -0.4 is 5.32 Å². The molecule has 0 fully saturated rings. The summed E-state index contributed by atoms with van der Waals surface area (Å²) in [5, 5.41) is 4.17. The van der Waals surface area contributed by atoms with Crippen LogP contribution in [0, 0.1) is 0 Å². The third kappa shape index (κ3) is 3.07. The molecule has 7 heteroatoms. The molecule has 1 amide bonds. The SMILES string of the molecule is O=C(Nc1cccc(-c2c[nH]c3ncc(Cl)cc23)n1)c1ccccn1.[HH].[HH]. The molecule has 4 aromatic rings. The van der Waals surface area contributed by atoms with Crippen molar-refractivity contribution in [3.8, 4) is 11.3 Å². The van der Waals surface area contributed by atoms with Crippen molar-refractivity contribution in [2.24, 2.45) is 0 Å². The van der Waals surface area contributed by atoms with Gasteiger partial charge in [0.1, 0.15) is 17.2 Å². The molecule has 0 atom stereocenters. The Morgan fingerprint density at radius 2 is 2.08 bits per heavy atom. The van der Waals surface area contributed by atoms with Gasteiger partial charge >= 0.3 is 0 Å². The van der Waals surface area contributed by atoms with E-state index < -0.39 is 0 Å². The van der Waals surface area contributed by atoms with E-state index in [1.54, 1.807) is 36.7 Å². The van der Waals surface area contributed by atoms with Crippen molar-refractivity contribution in [2.45, 2.75) is 0 Å². The minimum absolute atomic E-state index is 0. The molecule has 0 aromatic carbocycles. The molecular weight excluding hydrogens is 338 g/mol. The molecule has 2 N–H and O–H groups in total. The number of rotatable bonds is 3. The normalized spacial score (nSPS) is 10.8. The second-order valence-electron chi connectivity index (χ2n) is 5.33. The summed E-state index contributed by atoms with van der Waals surface area (Å²) < 4.78 is 0. The standard InChI is InChI=1S/C18H12ClN5O.2H2/c19-11-8-12-13(10-22-17(12)21-9-11)14-5-3-6-16(23-14)24-18(25)15-4-1-2-7-20-15;;/h1-10H,(H,21,22)(H,23,24,25);2*1H. The Bertz CT molecular complexity index is 1070. The Kier molecular flexibility index (Phi) is 3.87. The van der Waals surface area contributed by atoms with Crippen LogP contribution in [0.15, 0.2) is 61.1 Å². The van der Waals surface area contributed by atoms with Crippen molar-refractivity contribution in [3.05, 3.63) is 71.8 Å². The van der Waals surface area contributed by atoms with E-state index >= 15 is 0 Å². The first-order valence-corrected chi connectivity index (χ1v) is 7.91. The van der Waals surface area contributed by atoms with Gasteiger partial charge in [-0.15, -0.1) is 0 Å². The van der Waals surface area contributed by atoms with E-state index in [1.807, 2.05) is 24.4 Å². The van der Waals surface area contributed by atoms with E-state index in [1.165, 1.54) is 0 Å². The highest BCUT2D eigenvalue weighted by Gasteiger charge is 2.11. The molecule has 0 aliphatic heterocycles. The second kappa shape index (κ2) is 6.33. The molecular formula is C18H16ClN5O. The molecule has 126 valence electrons. The number of fused-ring (bicyclic) bond motifs is 1. The molecule has 0 saturated heterocycles. The number of pyridine rings is 3. The molecule has 6 nitrogen and oxygen atoms in total. The van der Waals surface area contributed by atoms with Crippen LogP contribution in [-0.2, 0) is 0 Å². The van der Waals surface area contributed by atoms with Gasteiger partial charge in [0.2, 0.25) is 0 Å². The summed E-state index contributed by atoms with van der Waals surface area (Å²) in [6.45, 7) is 0. The molecule has 0 unspecified atom stereocenters. The van der Waals surface area contributed by atoms with Crippen LogP contribution in [0.5, 0.6) is 0 Å². The minimum atomic E-state index is -0.311. The quantitative estimate of drug-likeness (QED) is 0.571. The van der Waals surface area contributed by atoms with Gasteiger partial charge in [0, 0.05) is 32.4 Å². The smallest absolute Gasteiger partial charge is 0.275 e. The number of hydrogen-bond acceptors (Lipinski definition) is 4. The Balaban J connectivity index is 0.00000131. The first kappa shape index (κ1) is 15.3. The second-order valence-corrected chi connectivity index (χ2v) is 5.77. The third-order valence-electron chi connectivity index (χ3n) is 3.66.